The Balaban J connectivity index is 1.70. The molecular formula is C30H49N3O4Si2. The average Bonchev–Trinajstić information content (AvgIpc) is 3.39. The zero-order valence-electron chi connectivity index (χ0n) is 25.4. The first-order valence-corrected chi connectivity index (χ1v) is 21.4. The fourth-order valence-electron chi connectivity index (χ4n) is 5.45. The Kier molecular flexibility index (Phi) is 9.46. The second-order valence-electron chi connectivity index (χ2n) is 13.7. The van der Waals surface area contributed by atoms with E-state index in [9.17, 15) is 4.79 Å². The van der Waals surface area contributed by atoms with Crippen LogP contribution < -0.4 is 0 Å². The molecule has 0 amide bonds. The van der Waals surface area contributed by atoms with Crippen LogP contribution in [0.4, 0.5) is 0 Å². The zero-order chi connectivity index (χ0) is 28.4. The fraction of sp³-hybridized carbons (Fsp3) is 0.667. The summed E-state index contributed by atoms with van der Waals surface area (Å²) in [5.74, 6) is -0.476. The van der Waals surface area contributed by atoms with Gasteiger partial charge in [0.05, 0.1) is 18.7 Å². The summed E-state index contributed by atoms with van der Waals surface area (Å²) in [5.41, 5.74) is 7.25. The Morgan fingerprint density at radius 1 is 1.15 bits per heavy atom. The van der Waals surface area contributed by atoms with E-state index in [0.29, 0.717) is 19.9 Å². The molecule has 4 rings (SSSR count). The van der Waals surface area contributed by atoms with Gasteiger partial charge in [-0.2, -0.15) is 5.10 Å². The van der Waals surface area contributed by atoms with Crippen molar-refractivity contribution in [3.8, 4) is 11.4 Å². The third kappa shape index (κ3) is 7.42. The molecule has 0 aliphatic heterocycles. The van der Waals surface area contributed by atoms with E-state index < -0.39 is 16.9 Å². The molecule has 2 aliphatic carbocycles. The summed E-state index contributed by atoms with van der Waals surface area (Å²) in [6, 6.07) is 4.53. The molecule has 0 N–H and O–H groups in total. The quantitative estimate of drug-likeness (QED) is 0.178. The second kappa shape index (κ2) is 12.3. The Hall–Kier alpha value is -1.95. The molecule has 0 fully saturated rings. The van der Waals surface area contributed by atoms with Crippen molar-refractivity contribution in [2.75, 3.05) is 20.3 Å². The van der Waals surface area contributed by atoms with Crippen molar-refractivity contribution in [1.82, 2.24) is 14.3 Å². The highest BCUT2D eigenvalue weighted by Crippen LogP contribution is 2.41. The van der Waals surface area contributed by atoms with Gasteiger partial charge in [0.2, 0.25) is 0 Å². The van der Waals surface area contributed by atoms with E-state index in [1.54, 1.807) is 0 Å². The van der Waals surface area contributed by atoms with Crippen LogP contribution >= 0.6 is 0 Å². The summed E-state index contributed by atoms with van der Waals surface area (Å²) >= 11 is 0. The van der Waals surface area contributed by atoms with Crippen molar-refractivity contribution < 1.29 is 19.0 Å². The molecule has 1 unspecified atom stereocenters. The van der Waals surface area contributed by atoms with Crippen LogP contribution in [0.2, 0.25) is 44.8 Å². The number of carbonyl (C=O) groups is 1. The highest BCUT2D eigenvalue weighted by molar-refractivity contribution is 6.76. The van der Waals surface area contributed by atoms with Crippen molar-refractivity contribution in [2.45, 2.75) is 97.8 Å². The van der Waals surface area contributed by atoms with Gasteiger partial charge >= 0.3 is 5.97 Å². The van der Waals surface area contributed by atoms with Crippen molar-refractivity contribution in [3.63, 3.8) is 0 Å². The summed E-state index contributed by atoms with van der Waals surface area (Å²) in [7, 11) is -0.387. The summed E-state index contributed by atoms with van der Waals surface area (Å²) in [6.07, 6.45) is 7.77. The van der Waals surface area contributed by atoms with Crippen LogP contribution in [0.5, 0.6) is 0 Å². The summed E-state index contributed by atoms with van der Waals surface area (Å²) in [5, 5.41) is 5.21. The van der Waals surface area contributed by atoms with Gasteiger partial charge in [0.25, 0.3) is 0 Å². The summed E-state index contributed by atoms with van der Waals surface area (Å²) in [6.45, 7) is 19.0. The minimum absolute atomic E-state index is 0.197. The first-order chi connectivity index (χ1) is 18.4. The Morgan fingerprint density at radius 2 is 1.90 bits per heavy atom. The first-order valence-electron chi connectivity index (χ1n) is 14.6. The maximum atomic E-state index is 12.4. The number of carbonyl (C=O) groups excluding carboxylic acids is 1. The van der Waals surface area contributed by atoms with Crippen molar-refractivity contribution in [3.05, 3.63) is 34.7 Å². The normalized spacial score (nSPS) is 18.3. The van der Waals surface area contributed by atoms with E-state index in [-0.39, 0.29) is 17.3 Å². The SMILES string of the molecule is COC(=O)C1C=Cc2cc(-c3nn(COCC[Si](C)(C)C)c4c3CCC(C)(C)C4)n(COCC[SiH](C)C)c2C1. The second-order valence-corrected chi connectivity index (χ2v) is 22.7. The molecule has 39 heavy (non-hydrogen) atoms. The number of hydrogen-bond donors (Lipinski definition) is 0. The van der Waals surface area contributed by atoms with Crippen molar-refractivity contribution in [1.29, 1.82) is 0 Å². The van der Waals surface area contributed by atoms with Crippen LogP contribution in [0, 0.1) is 11.3 Å². The lowest BCUT2D eigenvalue weighted by atomic mass is 9.76. The Labute approximate surface area is 237 Å². The fourth-order valence-corrected chi connectivity index (χ4v) is 6.85. The monoisotopic (exact) mass is 571 g/mol. The number of nitrogens with zero attached hydrogens (tertiary/aromatic N) is 3. The highest BCUT2D eigenvalue weighted by Gasteiger charge is 2.34. The molecule has 0 saturated carbocycles. The van der Waals surface area contributed by atoms with Gasteiger partial charge in [0, 0.05) is 53.5 Å². The Bertz CT molecular complexity index is 1190. The summed E-state index contributed by atoms with van der Waals surface area (Å²) in [4.78, 5) is 12.4. The summed E-state index contributed by atoms with van der Waals surface area (Å²) < 4.78 is 21.9. The number of rotatable bonds is 12. The molecule has 1 atom stereocenters. The van der Waals surface area contributed by atoms with Gasteiger partial charge in [-0.15, -0.1) is 0 Å². The average molecular weight is 572 g/mol. The standard InChI is InChI=1S/C30H49N3O4Si2/c1-30(2)12-11-24-27(19-30)33(21-37-14-16-39(6,7)8)31-28(24)26-17-22-9-10-23(29(34)35-3)18-25(22)32(26)20-36-13-15-38(4)5/h9-10,17,23,38H,11-16,18-21H2,1-8H3. The van der Waals surface area contributed by atoms with Gasteiger partial charge in [0.1, 0.15) is 19.2 Å². The maximum Gasteiger partial charge on any atom is 0.312 e. The number of esters is 1. The van der Waals surface area contributed by atoms with Gasteiger partial charge in [-0.1, -0.05) is 58.7 Å². The first kappa shape index (κ1) is 30.0. The molecule has 0 spiro atoms. The molecule has 2 heterocycles. The number of ether oxygens (including phenoxy) is 3. The molecule has 2 aromatic rings. The highest BCUT2D eigenvalue weighted by atomic mass is 28.3. The van der Waals surface area contributed by atoms with Crippen molar-refractivity contribution in [2.24, 2.45) is 11.3 Å². The molecule has 7 nitrogen and oxygen atoms in total. The largest absolute Gasteiger partial charge is 0.469 e. The lowest BCUT2D eigenvalue weighted by molar-refractivity contribution is -0.143. The van der Waals surface area contributed by atoms with Gasteiger partial charge in [-0.25, -0.2) is 4.68 Å². The van der Waals surface area contributed by atoms with Gasteiger partial charge < -0.3 is 18.8 Å². The molecule has 2 aliphatic rings. The molecule has 0 radical (unpaired) electrons. The molecule has 0 saturated heterocycles. The minimum Gasteiger partial charge on any atom is -0.469 e. The number of fused-ring (bicyclic) bond motifs is 2. The molecule has 0 bridgehead atoms. The molecule has 9 heteroatoms. The van der Waals surface area contributed by atoms with E-state index >= 15 is 0 Å². The van der Waals surface area contributed by atoms with Crippen LogP contribution in [0.3, 0.4) is 0 Å². The lowest BCUT2D eigenvalue weighted by Crippen LogP contribution is -2.25. The molecule has 0 aromatic carbocycles. The van der Waals surface area contributed by atoms with Gasteiger partial charge in [-0.3, -0.25) is 4.79 Å². The van der Waals surface area contributed by atoms with Crippen LogP contribution in [-0.2, 0) is 51.7 Å². The van der Waals surface area contributed by atoms with Gasteiger partial charge in [0.15, 0.2) is 0 Å². The predicted molar refractivity (Wildman–Crippen MR) is 163 cm³/mol. The van der Waals surface area contributed by atoms with E-state index in [4.69, 9.17) is 19.3 Å². The maximum absolute atomic E-state index is 12.4. The third-order valence-electron chi connectivity index (χ3n) is 8.04. The number of aromatic nitrogens is 3. The predicted octanol–water partition coefficient (Wildman–Crippen LogP) is 6.00. The Morgan fingerprint density at radius 3 is 2.59 bits per heavy atom. The van der Waals surface area contributed by atoms with Crippen LogP contribution in [0.15, 0.2) is 12.1 Å². The van der Waals surface area contributed by atoms with E-state index in [0.717, 1.165) is 67.2 Å². The lowest BCUT2D eigenvalue weighted by Gasteiger charge is -2.30. The van der Waals surface area contributed by atoms with E-state index in [1.807, 2.05) is 6.08 Å². The van der Waals surface area contributed by atoms with Gasteiger partial charge in [-0.05, 0) is 48.4 Å². The van der Waals surface area contributed by atoms with E-state index in [2.05, 4.69) is 68.0 Å². The van der Waals surface area contributed by atoms with Crippen LogP contribution in [-0.4, -0.2) is 57.5 Å². The minimum atomic E-state index is -1.16. The zero-order valence-corrected chi connectivity index (χ0v) is 27.6. The van der Waals surface area contributed by atoms with Crippen molar-refractivity contribution >= 4 is 28.9 Å². The van der Waals surface area contributed by atoms with E-state index in [1.165, 1.54) is 18.4 Å². The molecule has 216 valence electrons. The smallest absolute Gasteiger partial charge is 0.312 e. The number of methoxy groups -OCH3 is 1. The third-order valence-corrected chi connectivity index (χ3v) is 11.1. The van der Waals surface area contributed by atoms with Crippen LogP contribution in [0.25, 0.3) is 17.5 Å². The van der Waals surface area contributed by atoms with Crippen LogP contribution in [0.1, 0.15) is 42.8 Å². The molecular weight excluding hydrogens is 523 g/mol. The molecule has 2 aromatic heterocycles. The number of hydrogen-bond acceptors (Lipinski definition) is 5. The topological polar surface area (TPSA) is 67.5 Å².